The number of benzene rings is 1. The predicted molar refractivity (Wildman–Crippen MR) is 92.6 cm³/mol. The van der Waals surface area contributed by atoms with Crippen molar-refractivity contribution in [2.24, 2.45) is 5.92 Å². The molecule has 128 valence electrons. The highest BCUT2D eigenvalue weighted by Gasteiger charge is 2.27. The molecule has 0 saturated carbocycles. The number of hydrogen-bond donors (Lipinski definition) is 1. The molecule has 2 aromatic heterocycles. The van der Waals surface area contributed by atoms with Gasteiger partial charge in [0.15, 0.2) is 5.69 Å². The lowest BCUT2D eigenvalue weighted by Crippen LogP contribution is -2.17. The summed E-state index contributed by atoms with van der Waals surface area (Å²) in [5, 5.41) is 11.2. The van der Waals surface area contributed by atoms with E-state index in [1.807, 2.05) is 12.1 Å². The van der Waals surface area contributed by atoms with Crippen molar-refractivity contribution < 1.29 is 13.8 Å². The molecule has 0 bridgehead atoms. The number of nitrogens with one attached hydrogen (secondary N) is 1. The molecule has 6 nitrogen and oxygen atoms in total. The molecule has 1 N–H and O–H groups in total. The summed E-state index contributed by atoms with van der Waals surface area (Å²) < 4.78 is 10.5. The first-order chi connectivity index (χ1) is 12.1. The van der Waals surface area contributed by atoms with Crippen LogP contribution in [-0.4, -0.2) is 16.2 Å². The van der Waals surface area contributed by atoms with E-state index in [2.05, 4.69) is 22.6 Å². The Hall–Kier alpha value is -2.60. The largest absolute Gasteiger partial charge is 0.360 e. The van der Waals surface area contributed by atoms with Gasteiger partial charge >= 0.3 is 0 Å². The van der Waals surface area contributed by atoms with Crippen LogP contribution < -0.4 is 5.32 Å². The van der Waals surface area contributed by atoms with Crippen molar-refractivity contribution in [2.75, 3.05) is 5.32 Å². The van der Waals surface area contributed by atoms with Gasteiger partial charge in [0, 0.05) is 28.6 Å². The first-order valence-corrected chi connectivity index (χ1v) is 8.49. The van der Waals surface area contributed by atoms with Gasteiger partial charge in [-0.15, -0.1) is 0 Å². The molecule has 1 aliphatic carbocycles. The average molecular weight is 358 g/mol. The van der Waals surface area contributed by atoms with Gasteiger partial charge in [0.2, 0.25) is 5.88 Å². The van der Waals surface area contributed by atoms with E-state index in [4.69, 9.17) is 20.6 Å². The Morgan fingerprint density at radius 3 is 3.00 bits per heavy atom. The smallest absolute Gasteiger partial charge is 0.280 e. The van der Waals surface area contributed by atoms with Crippen molar-refractivity contribution in [2.45, 2.75) is 26.2 Å². The highest BCUT2D eigenvalue weighted by molar-refractivity contribution is 6.30. The van der Waals surface area contributed by atoms with E-state index in [9.17, 15) is 4.79 Å². The Balaban J connectivity index is 1.53. The second-order valence-corrected chi connectivity index (χ2v) is 6.76. The molecule has 3 aromatic rings. The molecule has 25 heavy (non-hydrogen) atoms. The van der Waals surface area contributed by atoms with E-state index in [0.717, 1.165) is 36.1 Å². The molecule has 0 saturated heterocycles. The first kappa shape index (κ1) is 15.9. The molecular formula is C18H16ClN3O3. The second kappa shape index (κ2) is 6.37. The van der Waals surface area contributed by atoms with Gasteiger partial charge in [0.25, 0.3) is 5.91 Å². The molecule has 0 fully saturated rings. The van der Waals surface area contributed by atoms with Crippen LogP contribution in [0, 0.1) is 5.92 Å². The number of anilines is 1. The minimum atomic E-state index is -0.354. The third-order valence-corrected chi connectivity index (χ3v) is 4.60. The number of aromatic nitrogens is 2. The predicted octanol–water partition coefficient (Wildman–Crippen LogP) is 4.36. The fourth-order valence-electron chi connectivity index (χ4n) is 3.05. The normalized spacial score (nSPS) is 16.5. The molecule has 1 amide bonds. The number of carbonyl (C=O) groups is 1. The van der Waals surface area contributed by atoms with Gasteiger partial charge in [-0.1, -0.05) is 41.0 Å². The minimum Gasteiger partial charge on any atom is -0.360 e. The molecule has 0 aliphatic heterocycles. The fourth-order valence-corrected chi connectivity index (χ4v) is 3.24. The number of halogens is 1. The molecule has 2 heterocycles. The van der Waals surface area contributed by atoms with Gasteiger partial charge in [-0.3, -0.25) is 10.1 Å². The van der Waals surface area contributed by atoms with Gasteiger partial charge in [-0.25, -0.2) is 0 Å². The third-order valence-electron chi connectivity index (χ3n) is 4.37. The van der Waals surface area contributed by atoms with Crippen LogP contribution in [0.5, 0.6) is 0 Å². The summed E-state index contributed by atoms with van der Waals surface area (Å²) in [4.78, 5) is 12.5. The number of rotatable bonds is 3. The second-order valence-electron chi connectivity index (χ2n) is 6.32. The highest BCUT2D eigenvalue weighted by Crippen LogP contribution is 2.29. The van der Waals surface area contributed by atoms with E-state index in [-0.39, 0.29) is 11.8 Å². The third kappa shape index (κ3) is 3.17. The van der Waals surface area contributed by atoms with Crippen molar-refractivity contribution >= 4 is 23.4 Å². The van der Waals surface area contributed by atoms with Gasteiger partial charge in [0.1, 0.15) is 11.5 Å². The minimum absolute atomic E-state index is 0.251. The maximum absolute atomic E-state index is 12.5. The number of aryl methyl sites for hydroxylation is 1. The van der Waals surface area contributed by atoms with Crippen molar-refractivity contribution in [1.29, 1.82) is 0 Å². The topological polar surface area (TPSA) is 81.2 Å². The Morgan fingerprint density at radius 1 is 1.28 bits per heavy atom. The summed E-state index contributed by atoms with van der Waals surface area (Å²) in [6.07, 6.45) is 2.66. The summed E-state index contributed by atoms with van der Waals surface area (Å²) in [5.41, 5.74) is 2.62. The van der Waals surface area contributed by atoms with Crippen LogP contribution in [0.25, 0.3) is 11.3 Å². The summed E-state index contributed by atoms with van der Waals surface area (Å²) in [6, 6.07) is 8.90. The van der Waals surface area contributed by atoms with Gasteiger partial charge in [-0.05, 0) is 30.9 Å². The molecule has 4 rings (SSSR count). The van der Waals surface area contributed by atoms with Crippen LogP contribution in [-0.2, 0) is 12.8 Å². The van der Waals surface area contributed by atoms with E-state index in [1.165, 1.54) is 0 Å². The summed E-state index contributed by atoms with van der Waals surface area (Å²) >= 11 is 5.99. The van der Waals surface area contributed by atoms with Crippen molar-refractivity contribution in [3.63, 3.8) is 0 Å². The summed E-state index contributed by atoms with van der Waals surface area (Å²) in [6.45, 7) is 2.16. The van der Waals surface area contributed by atoms with Crippen LogP contribution in [0.15, 0.2) is 39.4 Å². The van der Waals surface area contributed by atoms with Gasteiger partial charge < -0.3 is 9.05 Å². The van der Waals surface area contributed by atoms with Crippen molar-refractivity contribution in [1.82, 2.24) is 10.3 Å². The zero-order chi connectivity index (χ0) is 17.4. The molecule has 1 atom stereocenters. The number of hydrogen-bond acceptors (Lipinski definition) is 5. The lowest BCUT2D eigenvalue weighted by atomic mass is 9.88. The average Bonchev–Trinajstić information content (AvgIpc) is 3.21. The van der Waals surface area contributed by atoms with Gasteiger partial charge in [0.05, 0.1) is 0 Å². The number of nitrogens with zero attached hydrogens (tertiary/aromatic N) is 2. The quantitative estimate of drug-likeness (QED) is 0.753. The highest BCUT2D eigenvalue weighted by atomic mass is 35.5. The van der Waals surface area contributed by atoms with Gasteiger partial charge in [-0.2, -0.15) is 0 Å². The molecule has 1 aromatic carbocycles. The van der Waals surface area contributed by atoms with E-state index in [1.54, 1.807) is 18.2 Å². The monoisotopic (exact) mass is 357 g/mol. The molecule has 7 heteroatoms. The van der Waals surface area contributed by atoms with Crippen LogP contribution >= 0.6 is 11.6 Å². The van der Waals surface area contributed by atoms with E-state index < -0.39 is 0 Å². The number of fused-ring (bicyclic) bond motifs is 1. The SMILES string of the molecule is C[C@@H]1CCc2onc(C(=O)Nc3cc(-c4cccc(Cl)c4)no3)c2C1. The lowest BCUT2D eigenvalue weighted by molar-refractivity contribution is 0.101. The first-order valence-electron chi connectivity index (χ1n) is 8.11. The van der Waals surface area contributed by atoms with Crippen molar-refractivity contribution in [3.8, 4) is 11.3 Å². The van der Waals surface area contributed by atoms with E-state index in [0.29, 0.717) is 22.3 Å². The van der Waals surface area contributed by atoms with Crippen molar-refractivity contribution in [3.05, 3.63) is 52.4 Å². The Bertz CT molecular complexity index is 931. The zero-order valence-electron chi connectivity index (χ0n) is 13.6. The Morgan fingerprint density at radius 2 is 2.16 bits per heavy atom. The molecular weight excluding hydrogens is 342 g/mol. The molecule has 1 aliphatic rings. The van der Waals surface area contributed by atoms with Crippen LogP contribution in [0.4, 0.5) is 5.88 Å². The molecule has 0 radical (unpaired) electrons. The Kier molecular flexibility index (Phi) is 4.05. The van der Waals surface area contributed by atoms with Crippen LogP contribution in [0.1, 0.15) is 35.2 Å². The molecule has 0 spiro atoms. The fraction of sp³-hybridized carbons (Fsp3) is 0.278. The molecule has 0 unspecified atom stereocenters. The lowest BCUT2D eigenvalue weighted by Gasteiger charge is -2.16. The number of amides is 1. The maximum Gasteiger partial charge on any atom is 0.280 e. The summed E-state index contributed by atoms with van der Waals surface area (Å²) in [5.74, 6) is 1.21. The Labute approximate surface area is 149 Å². The van der Waals surface area contributed by atoms with Crippen LogP contribution in [0.2, 0.25) is 5.02 Å². The number of carbonyl (C=O) groups excluding carboxylic acids is 1. The standard InChI is InChI=1S/C18H16ClN3O3/c1-10-5-6-15-13(7-10)17(22-24-15)18(23)20-16-9-14(21-25-16)11-3-2-4-12(19)8-11/h2-4,8-10H,5-7H2,1H3,(H,20,23)/t10-/m1/s1. The van der Waals surface area contributed by atoms with E-state index >= 15 is 0 Å². The van der Waals surface area contributed by atoms with Crippen LogP contribution in [0.3, 0.4) is 0 Å². The summed E-state index contributed by atoms with van der Waals surface area (Å²) in [7, 11) is 0. The zero-order valence-corrected chi connectivity index (χ0v) is 14.3. The maximum atomic E-state index is 12.5.